The molecule has 19 heavy (non-hydrogen) atoms. The summed E-state index contributed by atoms with van der Waals surface area (Å²) in [4.78, 5) is 12.8. The Labute approximate surface area is 112 Å². The molecule has 0 saturated heterocycles. The molecule has 0 aliphatic rings. The smallest absolute Gasteiger partial charge is 0.142 e. The van der Waals surface area contributed by atoms with Gasteiger partial charge in [-0.25, -0.2) is 14.4 Å². The molecular formula is C14H17FN4. The highest BCUT2D eigenvalue weighted by Gasteiger charge is 2.19. The van der Waals surface area contributed by atoms with Crippen molar-refractivity contribution in [3.63, 3.8) is 0 Å². The average molecular weight is 260 g/mol. The van der Waals surface area contributed by atoms with Crippen molar-refractivity contribution in [2.24, 2.45) is 0 Å². The fraction of sp³-hybridized carbons (Fsp3) is 0.357. The van der Waals surface area contributed by atoms with Gasteiger partial charge >= 0.3 is 0 Å². The molecule has 0 atom stereocenters. The molecule has 2 heterocycles. The van der Waals surface area contributed by atoms with Crippen molar-refractivity contribution < 1.29 is 4.39 Å². The van der Waals surface area contributed by atoms with Crippen molar-refractivity contribution in [1.82, 2.24) is 15.0 Å². The lowest BCUT2D eigenvalue weighted by atomic mass is 9.95. The van der Waals surface area contributed by atoms with E-state index in [0.717, 1.165) is 0 Å². The van der Waals surface area contributed by atoms with Gasteiger partial charge in [-0.1, -0.05) is 20.8 Å². The van der Waals surface area contributed by atoms with Crippen molar-refractivity contribution in [1.29, 1.82) is 0 Å². The third kappa shape index (κ3) is 3.05. The van der Waals surface area contributed by atoms with E-state index in [9.17, 15) is 4.39 Å². The van der Waals surface area contributed by atoms with Gasteiger partial charge in [0, 0.05) is 30.3 Å². The molecule has 2 rings (SSSR count). The highest BCUT2D eigenvalue weighted by Crippen LogP contribution is 2.25. The van der Waals surface area contributed by atoms with Crippen LogP contribution >= 0.6 is 0 Å². The topological polar surface area (TPSA) is 50.7 Å². The van der Waals surface area contributed by atoms with Gasteiger partial charge in [0.25, 0.3) is 0 Å². The minimum atomic E-state index is -0.376. The number of pyridine rings is 1. The second-order valence-corrected chi connectivity index (χ2v) is 5.35. The van der Waals surface area contributed by atoms with E-state index in [1.54, 1.807) is 19.3 Å². The SMILES string of the molecule is CNc1cc(-c2cncc(F)c2)nc(C(C)(C)C)n1. The predicted molar refractivity (Wildman–Crippen MR) is 73.5 cm³/mol. The molecule has 5 heteroatoms. The van der Waals surface area contributed by atoms with Crippen LogP contribution in [-0.4, -0.2) is 22.0 Å². The van der Waals surface area contributed by atoms with Gasteiger partial charge in [0.1, 0.15) is 17.5 Å². The first-order valence-electron chi connectivity index (χ1n) is 6.08. The standard InChI is InChI=1S/C14H17FN4/c1-14(2,3)13-18-11(6-12(16-4)19-13)9-5-10(15)8-17-7-9/h5-8H,1-4H3,(H,16,18,19). The van der Waals surface area contributed by atoms with Crippen molar-refractivity contribution in [3.8, 4) is 11.3 Å². The summed E-state index contributed by atoms with van der Waals surface area (Å²) >= 11 is 0. The van der Waals surface area contributed by atoms with Gasteiger partial charge in [-0.2, -0.15) is 0 Å². The number of hydrogen-bond donors (Lipinski definition) is 1. The second-order valence-electron chi connectivity index (χ2n) is 5.35. The molecule has 0 spiro atoms. The van der Waals surface area contributed by atoms with Crippen LogP contribution in [0.25, 0.3) is 11.3 Å². The summed E-state index contributed by atoms with van der Waals surface area (Å²) in [6.45, 7) is 6.11. The Balaban J connectivity index is 2.57. The number of nitrogens with one attached hydrogen (secondary N) is 1. The van der Waals surface area contributed by atoms with E-state index in [2.05, 4.69) is 20.3 Å². The predicted octanol–water partition coefficient (Wildman–Crippen LogP) is 3.02. The van der Waals surface area contributed by atoms with Crippen LogP contribution < -0.4 is 5.32 Å². The Morgan fingerprint density at radius 3 is 2.42 bits per heavy atom. The number of aromatic nitrogens is 3. The third-order valence-electron chi connectivity index (χ3n) is 2.65. The lowest BCUT2D eigenvalue weighted by Crippen LogP contribution is -2.17. The zero-order chi connectivity index (χ0) is 14.0. The second kappa shape index (κ2) is 4.91. The van der Waals surface area contributed by atoms with Gasteiger partial charge in [-0.3, -0.25) is 4.98 Å². The Kier molecular flexibility index (Phi) is 3.46. The molecule has 0 saturated carbocycles. The van der Waals surface area contributed by atoms with Gasteiger partial charge in [0.2, 0.25) is 0 Å². The van der Waals surface area contributed by atoms with E-state index in [1.165, 1.54) is 12.3 Å². The molecule has 0 amide bonds. The fourth-order valence-electron chi connectivity index (χ4n) is 1.61. The number of hydrogen-bond acceptors (Lipinski definition) is 4. The Bertz CT molecular complexity index is 590. The van der Waals surface area contributed by atoms with Crippen LogP contribution in [0.1, 0.15) is 26.6 Å². The molecule has 0 aromatic carbocycles. The maximum Gasteiger partial charge on any atom is 0.142 e. The van der Waals surface area contributed by atoms with Crippen LogP contribution in [0, 0.1) is 5.82 Å². The maximum absolute atomic E-state index is 13.2. The van der Waals surface area contributed by atoms with Gasteiger partial charge in [-0.15, -0.1) is 0 Å². The Hall–Kier alpha value is -2.04. The van der Waals surface area contributed by atoms with Crippen LogP contribution in [0.3, 0.4) is 0 Å². The summed E-state index contributed by atoms with van der Waals surface area (Å²) in [5, 5.41) is 3.00. The normalized spacial score (nSPS) is 11.4. The number of nitrogens with zero attached hydrogens (tertiary/aromatic N) is 3. The van der Waals surface area contributed by atoms with Crippen LogP contribution in [0.4, 0.5) is 10.2 Å². The first-order valence-corrected chi connectivity index (χ1v) is 6.08. The van der Waals surface area contributed by atoms with Crippen LogP contribution in [-0.2, 0) is 5.41 Å². The molecule has 1 N–H and O–H groups in total. The minimum absolute atomic E-state index is 0.178. The molecule has 100 valence electrons. The Morgan fingerprint density at radius 2 is 1.84 bits per heavy atom. The van der Waals surface area contributed by atoms with E-state index < -0.39 is 0 Å². The largest absolute Gasteiger partial charge is 0.373 e. The van der Waals surface area contributed by atoms with Gasteiger partial charge in [-0.05, 0) is 6.07 Å². The van der Waals surface area contributed by atoms with E-state index in [0.29, 0.717) is 22.9 Å². The molecule has 0 aliphatic carbocycles. The first kappa shape index (κ1) is 13.4. The van der Waals surface area contributed by atoms with Crippen molar-refractivity contribution in [3.05, 3.63) is 36.2 Å². The fourth-order valence-corrected chi connectivity index (χ4v) is 1.61. The first-order chi connectivity index (χ1) is 8.90. The highest BCUT2D eigenvalue weighted by atomic mass is 19.1. The van der Waals surface area contributed by atoms with Gasteiger partial charge in [0.15, 0.2) is 0 Å². The van der Waals surface area contributed by atoms with Crippen LogP contribution in [0.2, 0.25) is 0 Å². The molecule has 2 aromatic heterocycles. The highest BCUT2D eigenvalue weighted by molar-refractivity contribution is 5.61. The molecule has 0 unspecified atom stereocenters. The summed E-state index contributed by atoms with van der Waals surface area (Å²) < 4.78 is 13.2. The van der Waals surface area contributed by atoms with Crippen LogP contribution in [0.15, 0.2) is 24.5 Å². The number of rotatable bonds is 2. The molecule has 4 nitrogen and oxygen atoms in total. The van der Waals surface area contributed by atoms with Gasteiger partial charge in [0.05, 0.1) is 11.9 Å². The van der Waals surface area contributed by atoms with E-state index >= 15 is 0 Å². The molecular weight excluding hydrogens is 243 g/mol. The maximum atomic E-state index is 13.2. The summed E-state index contributed by atoms with van der Waals surface area (Å²) in [6.07, 6.45) is 2.77. The quantitative estimate of drug-likeness (QED) is 0.901. The number of anilines is 1. The summed E-state index contributed by atoms with van der Waals surface area (Å²) in [5.41, 5.74) is 1.13. The van der Waals surface area contributed by atoms with Crippen LogP contribution in [0.5, 0.6) is 0 Å². The lowest BCUT2D eigenvalue weighted by molar-refractivity contribution is 0.547. The summed E-state index contributed by atoms with van der Waals surface area (Å²) in [5.74, 6) is 1.04. The lowest BCUT2D eigenvalue weighted by Gasteiger charge is -2.18. The van der Waals surface area contributed by atoms with Crippen molar-refractivity contribution in [2.45, 2.75) is 26.2 Å². The molecule has 0 aliphatic heterocycles. The summed E-state index contributed by atoms with van der Waals surface area (Å²) in [7, 11) is 1.79. The number of halogens is 1. The van der Waals surface area contributed by atoms with E-state index in [1.807, 2.05) is 20.8 Å². The minimum Gasteiger partial charge on any atom is -0.373 e. The van der Waals surface area contributed by atoms with E-state index in [4.69, 9.17) is 0 Å². The molecule has 0 radical (unpaired) electrons. The molecule has 2 aromatic rings. The van der Waals surface area contributed by atoms with E-state index in [-0.39, 0.29) is 11.2 Å². The van der Waals surface area contributed by atoms with Gasteiger partial charge < -0.3 is 5.32 Å². The zero-order valence-corrected chi connectivity index (χ0v) is 11.5. The monoisotopic (exact) mass is 260 g/mol. The zero-order valence-electron chi connectivity index (χ0n) is 11.5. The summed E-state index contributed by atoms with van der Waals surface area (Å²) in [6, 6.07) is 3.20. The van der Waals surface area contributed by atoms with Crippen molar-refractivity contribution >= 4 is 5.82 Å². The molecule has 0 fully saturated rings. The average Bonchev–Trinajstić information content (AvgIpc) is 2.37. The van der Waals surface area contributed by atoms with Crippen molar-refractivity contribution in [2.75, 3.05) is 12.4 Å². The molecule has 0 bridgehead atoms. The Morgan fingerprint density at radius 1 is 1.11 bits per heavy atom. The third-order valence-corrected chi connectivity index (χ3v) is 2.65.